The standard InChI is InChI=1S/C24H17ClFNO4/c1-2-30-24(29)19-14-27(22-13-20(25)21(26)12-18(22)23(19)28)15-8-10-17(11-9-15)31-16-6-4-3-5-7-16/h3-14H,2H2,1H3. The van der Waals surface area contributed by atoms with Crippen molar-refractivity contribution in [2.24, 2.45) is 0 Å². The van der Waals surface area contributed by atoms with Gasteiger partial charge in [-0.1, -0.05) is 29.8 Å². The first kappa shape index (κ1) is 20.6. The number of aromatic nitrogens is 1. The largest absolute Gasteiger partial charge is 0.462 e. The molecule has 0 N–H and O–H groups in total. The Morgan fingerprint density at radius 1 is 1.03 bits per heavy atom. The summed E-state index contributed by atoms with van der Waals surface area (Å²) in [4.78, 5) is 25.1. The SMILES string of the molecule is CCOC(=O)c1cn(-c2ccc(Oc3ccccc3)cc2)c2cc(Cl)c(F)cc2c1=O. The highest BCUT2D eigenvalue weighted by atomic mass is 35.5. The van der Waals surface area contributed by atoms with Crippen molar-refractivity contribution in [2.45, 2.75) is 6.92 Å². The molecule has 1 aromatic heterocycles. The van der Waals surface area contributed by atoms with Gasteiger partial charge in [0.15, 0.2) is 0 Å². The van der Waals surface area contributed by atoms with E-state index >= 15 is 0 Å². The van der Waals surface area contributed by atoms with Crippen LogP contribution in [0.1, 0.15) is 17.3 Å². The van der Waals surface area contributed by atoms with Crippen LogP contribution in [0.3, 0.4) is 0 Å². The Labute approximate surface area is 182 Å². The van der Waals surface area contributed by atoms with Crippen molar-refractivity contribution in [3.05, 3.63) is 99.6 Å². The molecule has 0 bridgehead atoms. The van der Waals surface area contributed by atoms with E-state index in [1.807, 2.05) is 30.3 Å². The van der Waals surface area contributed by atoms with Crippen molar-refractivity contribution < 1.29 is 18.7 Å². The number of carbonyl (C=O) groups is 1. The van der Waals surface area contributed by atoms with Gasteiger partial charge in [-0.05, 0) is 55.5 Å². The van der Waals surface area contributed by atoms with Crippen LogP contribution in [0, 0.1) is 5.82 Å². The number of rotatable bonds is 5. The lowest BCUT2D eigenvalue weighted by Crippen LogP contribution is -2.20. The van der Waals surface area contributed by atoms with Gasteiger partial charge in [-0.15, -0.1) is 0 Å². The number of hydrogen-bond acceptors (Lipinski definition) is 4. The highest BCUT2D eigenvalue weighted by Crippen LogP contribution is 2.27. The van der Waals surface area contributed by atoms with E-state index in [2.05, 4.69) is 0 Å². The normalized spacial score (nSPS) is 10.8. The van der Waals surface area contributed by atoms with Gasteiger partial charge < -0.3 is 14.0 Å². The fourth-order valence-electron chi connectivity index (χ4n) is 3.19. The third-order valence-corrected chi connectivity index (χ3v) is 4.92. The van der Waals surface area contributed by atoms with Gasteiger partial charge >= 0.3 is 5.97 Å². The maximum Gasteiger partial charge on any atom is 0.343 e. The van der Waals surface area contributed by atoms with Gasteiger partial charge in [-0.3, -0.25) is 4.79 Å². The number of hydrogen-bond donors (Lipinski definition) is 0. The van der Waals surface area contributed by atoms with Crippen molar-refractivity contribution >= 4 is 28.5 Å². The minimum atomic E-state index is -0.775. The summed E-state index contributed by atoms with van der Waals surface area (Å²) < 4.78 is 26.5. The second-order valence-corrected chi connectivity index (χ2v) is 7.06. The zero-order valence-electron chi connectivity index (χ0n) is 16.5. The first-order valence-corrected chi connectivity index (χ1v) is 9.90. The lowest BCUT2D eigenvalue weighted by atomic mass is 10.1. The van der Waals surface area contributed by atoms with Gasteiger partial charge in [0.1, 0.15) is 22.9 Å². The van der Waals surface area contributed by atoms with E-state index in [4.69, 9.17) is 21.1 Å². The average molecular weight is 438 g/mol. The minimum Gasteiger partial charge on any atom is -0.462 e. The molecule has 0 saturated carbocycles. The zero-order chi connectivity index (χ0) is 22.0. The summed E-state index contributed by atoms with van der Waals surface area (Å²) in [6.07, 6.45) is 1.38. The summed E-state index contributed by atoms with van der Waals surface area (Å²) in [6, 6.07) is 18.7. The number of ether oxygens (including phenoxy) is 2. The van der Waals surface area contributed by atoms with E-state index in [0.29, 0.717) is 22.7 Å². The first-order valence-electron chi connectivity index (χ1n) is 9.53. The van der Waals surface area contributed by atoms with E-state index in [-0.39, 0.29) is 22.6 Å². The highest BCUT2D eigenvalue weighted by Gasteiger charge is 2.19. The van der Waals surface area contributed by atoms with Gasteiger partial charge in [0.05, 0.1) is 17.1 Å². The van der Waals surface area contributed by atoms with Crippen molar-refractivity contribution in [3.63, 3.8) is 0 Å². The second-order valence-electron chi connectivity index (χ2n) is 6.65. The van der Waals surface area contributed by atoms with Crippen molar-refractivity contribution in [1.82, 2.24) is 4.57 Å². The Balaban J connectivity index is 1.84. The predicted molar refractivity (Wildman–Crippen MR) is 117 cm³/mol. The number of halogens is 2. The van der Waals surface area contributed by atoms with Gasteiger partial charge in [0.25, 0.3) is 0 Å². The van der Waals surface area contributed by atoms with Crippen molar-refractivity contribution in [3.8, 4) is 17.2 Å². The molecule has 0 spiro atoms. The fraction of sp³-hybridized carbons (Fsp3) is 0.0833. The molecule has 1 heterocycles. The smallest absolute Gasteiger partial charge is 0.343 e. The predicted octanol–water partition coefficient (Wildman–Crippen LogP) is 5.75. The molecule has 0 unspecified atom stereocenters. The van der Waals surface area contributed by atoms with E-state index in [0.717, 1.165) is 6.07 Å². The lowest BCUT2D eigenvalue weighted by Gasteiger charge is -2.14. The lowest BCUT2D eigenvalue weighted by molar-refractivity contribution is 0.0524. The number of fused-ring (bicyclic) bond motifs is 1. The minimum absolute atomic E-state index is 0.0251. The van der Waals surface area contributed by atoms with Crippen LogP contribution >= 0.6 is 11.6 Å². The van der Waals surface area contributed by atoms with Gasteiger partial charge in [0, 0.05) is 17.3 Å². The Morgan fingerprint density at radius 2 is 1.71 bits per heavy atom. The number of pyridine rings is 1. The van der Waals surface area contributed by atoms with Gasteiger partial charge in [-0.25, -0.2) is 9.18 Å². The molecular formula is C24H17ClFNO4. The number of nitrogens with zero attached hydrogens (tertiary/aromatic N) is 1. The Bertz CT molecular complexity index is 1320. The number of esters is 1. The summed E-state index contributed by atoms with van der Waals surface area (Å²) in [5.74, 6) is -0.223. The Morgan fingerprint density at radius 3 is 2.39 bits per heavy atom. The number of carbonyl (C=O) groups excluding carboxylic acids is 1. The van der Waals surface area contributed by atoms with Crippen LogP contribution in [0.4, 0.5) is 4.39 Å². The summed E-state index contributed by atoms with van der Waals surface area (Å²) >= 11 is 5.96. The van der Waals surface area contributed by atoms with Crippen molar-refractivity contribution in [2.75, 3.05) is 6.61 Å². The van der Waals surface area contributed by atoms with Crippen LogP contribution in [0.15, 0.2) is 77.7 Å². The third-order valence-electron chi connectivity index (χ3n) is 4.63. The molecule has 156 valence electrons. The topological polar surface area (TPSA) is 57.5 Å². The molecule has 4 rings (SSSR count). The van der Waals surface area contributed by atoms with E-state index in [1.165, 1.54) is 12.3 Å². The van der Waals surface area contributed by atoms with Crippen LogP contribution in [-0.2, 0) is 4.74 Å². The monoisotopic (exact) mass is 437 g/mol. The zero-order valence-corrected chi connectivity index (χ0v) is 17.2. The molecule has 0 aliphatic rings. The molecule has 0 aliphatic carbocycles. The first-order chi connectivity index (χ1) is 15.0. The average Bonchev–Trinajstić information content (AvgIpc) is 2.77. The van der Waals surface area contributed by atoms with E-state index in [1.54, 1.807) is 35.8 Å². The Hall–Kier alpha value is -3.64. The molecule has 5 nitrogen and oxygen atoms in total. The molecule has 0 saturated heterocycles. The molecule has 0 aliphatic heterocycles. The molecule has 0 fully saturated rings. The highest BCUT2D eigenvalue weighted by molar-refractivity contribution is 6.31. The van der Waals surface area contributed by atoms with Gasteiger partial charge in [-0.2, -0.15) is 0 Å². The second kappa shape index (κ2) is 8.62. The molecular weight excluding hydrogens is 421 g/mol. The van der Waals surface area contributed by atoms with Crippen LogP contribution in [0.2, 0.25) is 5.02 Å². The van der Waals surface area contributed by atoms with Crippen LogP contribution < -0.4 is 10.2 Å². The summed E-state index contributed by atoms with van der Waals surface area (Å²) in [5.41, 5.74) is 0.171. The van der Waals surface area contributed by atoms with Crippen LogP contribution in [-0.4, -0.2) is 17.1 Å². The van der Waals surface area contributed by atoms with Gasteiger partial charge in [0.2, 0.25) is 5.43 Å². The molecule has 0 amide bonds. The summed E-state index contributed by atoms with van der Waals surface area (Å²) in [5, 5.41) is -0.106. The molecule has 0 radical (unpaired) electrons. The number of para-hydroxylation sites is 1. The van der Waals surface area contributed by atoms with E-state index < -0.39 is 17.2 Å². The molecule has 4 aromatic rings. The maximum atomic E-state index is 14.1. The number of benzene rings is 3. The molecule has 31 heavy (non-hydrogen) atoms. The molecule has 3 aromatic carbocycles. The third kappa shape index (κ3) is 4.15. The van der Waals surface area contributed by atoms with Crippen molar-refractivity contribution in [1.29, 1.82) is 0 Å². The quantitative estimate of drug-likeness (QED) is 0.373. The summed E-state index contributed by atoms with van der Waals surface area (Å²) in [7, 11) is 0. The van der Waals surface area contributed by atoms with Crippen LogP contribution in [0.25, 0.3) is 16.6 Å². The summed E-state index contributed by atoms with van der Waals surface area (Å²) in [6.45, 7) is 1.75. The fourth-order valence-corrected chi connectivity index (χ4v) is 3.35. The Kier molecular flexibility index (Phi) is 5.73. The van der Waals surface area contributed by atoms with E-state index in [9.17, 15) is 14.0 Å². The maximum absolute atomic E-state index is 14.1. The molecule has 7 heteroatoms. The molecule has 0 atom stereocenters. The van der Waals surface area contributed by atoms with Crippen LogP contribution in [0.5, 0.6) is 11.5 Å².